The highest BCUT2D eigenvalue weighted by Crippen LogP contribution is 2.21. The van der Waals surface area contributed by atoms with Crippen LogP contribution in [0.3, 0.4) is 0 Å². The molecule has 2 aromatic rings. The highest BCUT2D eigenvalue weighted by molar-refractivity contribution is 6.05. The summed E-state index contributed by atoms with van der Waals surface area (Å²) in [5, 5.41) is 2.96. The normalized spacial score (nSPS) is 10.8. The number of nitrogens with zero attached hydrogens (tertiary/aromatic N) is 1. The standard InChI is InChI=1S/C21H28N2O2/c1-6-8-12-23-16(5)13-18(24)19(17(23)7-2)21(25)22-20-14(3)10-9-11-15(20)4/h9-11,13H,6-8,12H2,1-5H3,(H,22,25). The second-order valence-electron chi connectivity index (χ2n) is 6.55. The summed E-state index contributed by atoms with van der Waals surface area (Å²) in [6.07, 6.45) is 2.74. The first-order valence-electron chi connectivity index (χ1n) is 9.01. The van der Waals surface area contributed by atoms with Crippen molar-refractivity contribution in [3.05, 3.63) is 62.6 Å². The number of hydrogen-bond donors (Lipinski definition) is 1. The van der Waals surface area contributed by atoms with E-state index in [1.54, 1.807) is 6.07 Å². The smallest absolute Gasteiger partial charge is 0.261 e. The molecule has 0 aliphatic heterocycles. The van der Waals surface area contributed by atoms with E-state index in [2.05, 4.69) is 16.8 Å². The molecule has 1 amide bonds. The third-order valence-electron chi connectivity index (χ3n) is 4.64. The number of amides is 1. The van der Waals surface area contributed by atoms with E-state index >= 15 is 0 Å². The average molecular weight is 340 g/mol. The molecule has 134 valence electrons. The zero-order valence-electron chi connectivity index (χ0n) is 15.9. The van der Waals surface area contributed by atoms with Crippen LogP contribution in [0.15, 0.2) is 29.1 Å². The number of carbonyl (C=O) groups excluding carboxylic acids is 1. The third-order valence-corrected chi connectivity index (χ3v) is 4.64. The quantitative estimate of drug-likeness (QED) is 0.848. The van der Waals surface area contributed by atoms with Gasteiger partial charge in [-0.05, 0) is 44.7 Å². The van der Waals surface area contributed by atoms with Crippen molar-refractivity contribution in [2.45, 2.75) is 60.4 Å². The Morgan fingerprint density at radius 1 is 1.12 bits per heavy atom. The SMILES string of the molecule is CCCCn1c(C)cc(=O)c(C(=O)Nc2c(C)cccc2C)c1CC. The lowest BCUT2D eigenvalue weighted by atomic mass is 10.1. The minimum absolute atomic E-state index is 0.203. The van der Waals surface area contributed by atoms with Crippen LogP contribution in [0.4, 0.5) is 5.69 Å². The molecule has 25 heavy (non-hydrogen) atoms. The van der Waals surface area contributed by atoms with E-state index < -0.39 is 0 Å². The van der Waals surface area contributed by atoms with Crippen molar-refractivity contribution in [1.82, 2.24) is 4.57 Å². The van der Waals surface area contributed by atoms with E-state index in [0.717, 1.165) is 47.6 Å². The van der Waals surface area contributed by atoms with Crippen LogP contribution in [0, 0.1) is 20.8 Å². The molecule has 1 aromatic carbocycles. The largest absolute Gasteiger partial charge is 0.348 e. The monoisotopic (exact) mass is 340 g/mol. The van der Waals surface area contributed by atoms with Crippen LogP contribution < -0.4 is 10.7 Å². The molecule has 0 unspecified atom stereocenters. The van der Waals surface area contributed by atoms with Gasteiger partial charge >= 0.3 is 0 Å². The minimum atomic E-state index is -0.315. The topological polar surface area (TPSA) is 51.1 Å². The summed E-state index contributed by atoms with van der Waals surface area (Å²) in [5.41, 5.74) is 4.57. The maximum atomic E-state index is 12.9. The van der Waals surface area contributed by atoms with E-state index in [9.17, 15) is 9.59 Å². The molecular formula is C21H28N2O2. The zero-order valence-corrected chi connectivity index (χ0v) is 15.9. The molecule has 0 aliphatic rings. The number of unbranched alkanes of at least 4 members (excludes halogenated alkanes) is 1. The van der Waals surface area contributed by atoms with Gasteiger partial charge in [-0.3, -0.25) is 9.59 Å². The molecule has 0 bridgehead atoms. The van der Waals surface area contributed by atoms with E-state index in [1.165, 1.54) is 0 Å². The molecule has 0 atom stereocenters. The van der Waals surface area contributed by atoms with Crippen LogP contribution in [0.25, 0.3) is 0 Å². The van der Waals surface area contributed by atoms with Crippen molar-refractivity contribution in [3.8, 4) is 0 Å². The summed E-state index contributed by atoms with van der Waals surface area (Å²) in [4.78, 5) is 25.5. The molecule has 1 aromatic heterocycles. The molecule has 4 heteroatoms. The van der Waals surface area contributed by atoms with E-state index in [-0.39, 0.29) is 16.9 Å². The van der Waals surface area contributed by atoms with E-state index in [1.807, 2.05) is 45.9 Å². The second-order valence-corrected chi connectivity index (χ2v) is 6.55. The van der Waals surface area contributed by atoms with Crippen LogP contribution in [0.2, 0.25) is 0 Å². The molecule has 0 fully saturated rings. The Labute approximate surface area is 149 Å². The lowest BCUT2D eigenvalue weighted by Crippen LogP contribution is -2.28. The summed E-state index contributed by atoms with van der Waals surface area (Å²) in [6.45, 7) is 10.8. The lowest BCUT2D eigenvalue weighted by Gasteiger charge is -2.19. The number of aryl methyl sites for hydroxylation is 3. The number of anilines is 1. The number of nitrogens with one attached hydrogen (secondary N) is 1. The van der Waals surface area contributed by atoms with Crippen LogP contribution in [-0.2, 0) is 13.0 Å². The number of aromatic nitrogens is 1. The molecular weight excluding hydrogens is 312 g/mol. The van der Waals surface area contributed by atoms with Gasteiger partial charge in [-0.25, -0.2) is 0 Å². The Morgan fingerprint density at radius 3 is 2.32 bits per heavy atom. The Balaban J connectivity index is 2.50. The molecule has 0 saturated carbocycles. The van der Waals surface area contributed by atoms with Crippen LogP contribution in [0.5, 0.6) is 0 Å². The van der Waals surface area contributed by atoms with E-state index in [0.29, 0.717) is 6.42 Å². The van der Waals surface area contributed by atoms with Gasteiger partial charge in [-0.1, -0.05) is 38.5 Å². The Kier molecular flexibility index (Phi) is 6.18. The van der Waals surface area contributed by atoms with Gasteiger partial charge in [0.2, 0.25) is 0 Å². The van der Waals surface area contributed by atoms with Crippen molar-refractivity contribution in [1.29, 1.82) is 0 Å². The van der Waals surface area contributed by atoms with Gasteiger partial charge < -0.3 is 9.88 Å². The van der Waals surface area contributed by atoms with Crippen LogP contribution >= 0.6 is 0 Å². The minimum Gasteiger partial charge on any atom is -0.348 e. The fourth-order valence-corrected chi connectivity index (χ4v) is 3.26. The summed E-state index contributed by atoms with van der Waals surface area (Å²) in [6, 6.07) is 7.45. The van der Waals surface area contributed by atoms with Gasteiger partial charge in [-0.15, -0.1) is 0 Å². The summed E-state index contributed by atoms with van der Waals surface area (Å²) in [5.74, 6) is -0.315. The molecule has 0 aliphatic carbocycles. The summed E-state index contributed by atoms with van der Waals surface area (Å²) < 4.78 is 2.12. The van der Waals surface area contributed by atoms with Crippen molar-refractivity contribution < 1.29 is 4.79 Å². The average Bonchev–Trinajstić information content (AvgIpc) is 2.56. The Hall–Kier alpha value is -2.36. The second kappa shape index (κ2) is 8.15. The van der Waals surface area contributed by atoms with Crippen molar-refractivity contribution in [3.63, 3.8) is 0 Å². The predicted molar refractivity (Wildman–Crippen MR) is 104 cm³/mol. The molecule has 4 nitrogen and oxygen atoms in total. The highest BCUT2D eigenvalue weighted by Gasteiger charge is 2.20. The first kappa shape index (κ1) is 19.0. The molecule has 1 N–H and O–H groups in total. The zero-order chi connectivity index (χ0) is 18.6. The maximum absolute atomic E-state index is 12.9. The number of pyridine rings is 1. The van der Waals surface area contributed by atoms with Gasteiger partial charge in [-0.2, -0.15) is 0 Å². The highest BCUT2D eigenvalue weighted by atomic mass is 16.2. The van der Waals surface area contributed by atoms with Gasteiger partial charge in [0.25, 0.3) is 5.91 Å². The van der Waals surface area contributed by atoms with E-state index in [4.69, 9.17) is 0 Å². The predicted octanol–water partition coefficient (Wildman–Crippen LogP) is 4.39. The first-order valence-corrected chi connectivity index (χ1v) is 9.01. The van der Waals surface area contributed by atoms with Gasteiger partial charge in [0.1, 0.15) is 5.56 Å². The molecule has 1 heterocycles. The molecule has 0 radical (unpaired) electrons. The van der Waals surface area contributed by atoms with Crippen molar-refractivity contribution in [2.24, 2.45) is 0 Å². The summed E-state index contributed by atoms with van der Waals surface area (Å²) in [7, 11) is 0. The molecule has 2 rings (SSSR count). The van der Waals surface area contributed by atoms with Crippen LogP contribution in [-0.4, -0.2) is 10.5 Å². The molecule has 0 saturated heterocycles. The van der Waals surface area contributed by atoms with Crippen LogP contribution in [0.1, 0.15) is 59.6 Å². The maximum Gasteiger partial charge on any atom is 0.261 e. The lowest BCUT2D eigenvalue weighted by molar-refractivity contribution is 0.102. The first-order chi connectivity index (χ1) is 11.9. The Morgan fingerprint density at radius 2 is 1.76 bits per heavy atom. The van der Waals surface area contributed by atoms with Gasteiger partial charge in [0.05, 0.1) is 0 Å². The number of hydrogen-bond acceptors (Lipinski definition) is 2. The fraction of sp³-hybridized carbons (Fsp3) is 0.429. The molecule has 0 spiro atoms. The van der Waals surface area contributed by atoms with Crippen molar-refractivity contribution in [2.75, 3.05) is 5.32 Å². The third kappa shape index (κ3) is 4.01. The van der Waals surface area contributed by atoms with Crippen molar-refractivity contribution >= 4 is 11.6 Å². The summed E-state index contributed by atoms with van der Waals surface area (Å²) >= 11 is 0. The Bertz CT molecular complexity index is 814. The van der Waals surface area contributed by atoms with Gasteiger partial charge in [0.15, 0.2) is 5.43 Å². The number of carbonyl (C=O) groups is 1. The van der Waals surface area contributed by atoms with Gasteiger partial charge in [0, 0.05) is 29.7 Å². The number of rotatable bonds is 6. The number of benzene rings is 1. The number of para-hydroxylation sites is 1. The fourth-order valence-electron chi connectivity index (χ4n) is 3.26.